The van der Waals surface area contributed by atoms with Gasteiger partial charge in [0, 0.05) is 18.3 Å². The maximum absolute atomic E-state index is 12.4. The molecule has 0 radical (unpaired) electrons. The van der Waals surface area contributed by atoms with Gasteiger partial charge in [0.15, 0.2) is 0 Å². The number of aliphatic hydroxyl groups excluding tert-OH is 1. The molecule has 7 nitrogen and oxygen atoms in total. The van der Waals surface area contributed by atoms with Gasteiger partial charge >= 0.3 is 0 Å². The van der Waals surface area contributed by atoms with E-state index in [-0.39, 0.29) is 36.9 Å². The standard InChI is InChI=1S/C17H25N3O4/c1-19(2)13-8-14(11-21)20(10-13)17(23)9-16(22)18-12-4-6-15(24-3)7-5-12/h4-7,13-14,21H,8-11H2,1-3H3,(H,18,22)/t13-,14+/m1/s1. The fourth-order valence-corrected chi connectivity index (χ4v) is 2.86. The summed E-state index contributed by atoms with van der Waals surface area (Å²) in [7, 11) is 5.47. The Morgan fingerprint density at radius 1 is 1.33 bits per heavy atom. The quantitative estimate of drug-likeness (QED) is 0.742. The minimum Gasteiger partial charge on any atom is -0.497 e. The summed E-state index contributed by atoms with van der Waals surface area (Å²) in [6.45, 7) is 0.447. The minimum atomic E-state index is -0.366. The summed E-state index contributed by atoms with van der Waals surface area (Å²) < 4.78 is 5.06. The van der Waals surface area contributed by atoms with Gasteiger partial charge in [-0.15, -0.1) is 0 Å². The Morgan fingerprint density at radius 2 is 2.00 bits per heavy atom. The van der Waals surface area contributed by atoms with Crippen LogP contribution in [0.15, 0.2) is 24.3 Å². The molecule has 1 fully saturated rings. The fraction of sp³-hybridized carbons (Fsp3) is 0.529. The van der Waals surface area contributed by atoms with E-state index in [9.17, 15) is 14.7 Å². The molecule has 0 bridgehead atoms. The number of benzene rings is 1. The molecule has 0 aliphatic carbocycles. The second kappa shape index (κ2) is 8.12. The van der Waals surface area contributed by atoms with Gasteiger partial charge in [0.25, 0.3) is 0 Å². The fourth-order valence-electron chi connectivity index (χ4n) is 2.86. The van der Waals surface area contributed by atoms with Crippen LogP contribution in [-0.2, 0) is 9.59 Å². The van der Waals surface area contributed by atoms with Crippen molar-refractivity contribution in [2.75, 3.05) is 39.7 Å². The summed E-state index contributed by atoms with van der Waals surface area (Å²) in [5.41, 5.74) is 0.611. The highest BCUT2D eigenvalue weighted by molar-refractivity contribution is 6.03. The Balaban J connectivity index is 1.91. The van der Waals surface area contributed by atoms with Gasteiger partial charge in [-0.25, -0.2) is 0 Å². The number of rotatable bonds is 6. The zero-order valence-electron chi connectivity index (χ0n) is 14.4. The van der Waals surface area contributed by atoms with Gasteiger partial charge in [0.1, 0.15) is 12.2 Å². The van der Waals surface area contributed by atoms with E-state index in [2.05, 4.69) is 5.32 Å². The van der Waals surface area contributed by atoms with Crippen molar-refractivity contribution in [3.63, 3.8) is 0 Å². The van der Waals surface area contributed by atoms with Gasteiger partial charge in [-0.1, -0.05) is 0 Å². The Hall–Kier alpha value is -2.12. The van der Waals surface area contributed by atoms with Crippen molar-refractivity contribution >= 4 is 17.5 Å². The van der Waals surface area contributed by atoms with Crippen molar-refractivity contribution in [3.8, 4) is 5.75 Å². The van der Waals surface area contributed by atoms with Crippen molar-refractivity contribution < 1.29 is 19.4 Å². The molecule has 0 saturated carbocycles. The average molecular weight is 335 g/mol. The van der Waals surface area contributed by atoms with Crippen LogP contribution in [0.3, 0.4) is 0 Å². The summed E-state index contributed by atoms with van der Waals surface area (Å²) in [5, 5.41) is 12.2. The van der Waals surface area contributed by atoms with E-state index in [4.69, 9.17) is 4.74 Å². The number of carbonyl (C=O) groups excluding carboxylic acids is 2. The molecule has 1 aromatic rings. The molecule has 0 unspecified atom stereocenters. The van der Waals surface area contributed by atoms with Crippen molar-refractivity contribution in [1.82, 2.24) is 9.80 Å². The first-order chi connectivity index (χ1) is 11.4. The molecule has 1 aromatic carbocycles. The average Bonchev–Trinajstić information content (AvgIpc) is 3.00. The highest BCUT2D eigenvalue weighted by Crippen LogP contribution is 2.22. The molecule has 1 saturated heterocycles. The number of nitrogens with one attached hydrogen (secondary N) is 1. The Labute approximate surface area is 142 Å². The number of nitrogens with zero attached hydrogens (tertiary/aromatic N) is 2. The first-order valence-electron chi connectivity index (χ1n) is 7.95. The number of likely N-dealkylation sites (N-methyl/N-ethyl adjacent to an activating group) is 1. The molecular formula is C17H25N3O4. The van der Waals surface area contributed by atoms with Gasteiger partial charge in [-0.05, 0) is 44.8 Å². The Bertz CT molecular complexity index is 574. The third-order valence-electron chi connectivity index (χ3n) is 4.34. The zero-order chi connectivity index (χ0) is 17.7. The van der Waals surface area contributed by atoms with Crippen LogP contribution >= 0.6 is 0 Å². The van der Waals surface area contributed by atoms with Crippen molar-refractivity contribution in [2.24, 2.45) is 0 Å². The first kappa shape index (κ1) is 18.2. The summed E-state index contributed by atoms with van der Waals surface area (Å²) in [6.07, 6.45) is 0.484. The number of hydrogen-bond donors (Lipinski definition) is 2. The lowest BCUT2D eigenvalue weighted by Gasteiger charge is -2.23. The van der Waals surface area contributed by atoms with E-state index >= 15 is 0 Å². The molecule has 24 heavy (non-hydrogen) atoms. The molecule has 7 heteroatoms. The molecule has 2 amide bonds. The van der Waals surface area contributed by atoms with Gasteiger partial charge in [0.05, 0.1) is 19.8 Å². The third kappa shape index (κ3) is 4.46. The zero-order valence-corrected chi connectivity index (χ0v) is 14.4. The number of hydrogen-bond acceptors (Lipinski definition) is 5. The SMILES string of the molecule is COc1ccc(NC(=O)CC(=O)N2C[C@H](N(C)C)C[C@H]2CO)cc1. The van der Waals surface area contributed by atoms with Crippen LogP contribution in [-0.4, -0.2) is 73.2 Å². The van der Waals surface area contributed by atoms with Crippen molar-refractivity contribution in [2.45, 2.75) is 24.9 Å². The number of likely N-dealkylation sites (tertiary alicyclic amines) is 1. The molecule has 0 spiro atoms. The third-order valence-corrected chi connectivity index (χ3v) is 4.34. The van der Waals surface area contributed by atoms with E-state index in [1.165, 1.54) is 0 Å². The second-order valence-electron chi connectivity index (χ2n) is 6.19. The highest BCUT2D eigenvalue weighted by Gasteiger charge is 2.36. The topological polar surface area (TPSA) is 82.1 Å². The van der Waals surface area contributed by atoms with Crippen LogP contribution in [0.5, 0.6) is 5.75 Å². The highest BCUT2D eigenvalue weighted by atomic mass is 16.5. The lowest BCUT2D eigenvalue weighted by molar-refractivity contribution is -0.136. The number of ether oxygens (including phenoxy) is 1. The maximum Gasteiger partial charge on any atom is 0.233 e. The molecule has 2 atom stereocenters. The van der Waals surface area contributed by atoms with Gasteiger partial charge in [0.2, 0.25) is 11.8 Å². The van der Waals surface area contributed by atoms with Gasteiger partial charge in [-0.3, -0.25) is 9.59 Å². The normalized spacial score (nSPS) is 20.3. The number of methoxy groups -OCH3 is 1. The molecule has 1 heterocycles. The predicted molar refractivity (Wildman–Crippen MR) is 90.9 cm³/mol. The molecule has 2 rings (SSSR count). The van der Waals surface area contributed by atoms with Crippen molar-refractivity contribution in [3.05, 3.63) is 24.3 Å². The van der Waals surface area contributed by atoms with Gasteiger partial charge in [-0.2, -0.15) is 0 Å². The Kier molecular flexibility index (Phi) is 6.16. The lowest BCUT2D eigenvalue weighted by atomic mass is 10.1. The Morgan fingerprint density at radius 3 is 2.54 bits per heavy atom. The van der Waals surface area contributed by atoms with E-state index in [0.717, 1.165) is 6.42 Å². The summed E-state index contributed by atoms with van der Waals surface area (Å²) in [6, 6.07) is 6.89. The largest absolute Gasteiger partial charge is 0.497 e. The molecule has 1 aliphatic heterocycles. The molecule has 1 aliphatic rings. The lowest BCUT2D eigenvalue weighted by Crippen LogP contribution is -2.40. The maximum atomic E-state index is 12.4. The summed E-state index contributed by atoms with van der Waals surface area (Å²) >= 11 is 0. The van der Waals surface area contributed by atoms with Crippen LogP contribution in [0.2, 0.25) is 0 Å². The molecule has 132 valence electrons. The monoisotopic (exact) mass is 335 g/mol. The van der Waals surface area contributed by atoms with Crippen molar-refractivity contribution in [1.29, 1.82) is 0 Å². The van der Waals surface area contributed by atoms with E-state index < -0.39 is 0 Å². The number of aliphatic hydroxyl groups is 1. The van der Waals surface area contributed by atoms with Crippen LogP contribution in [0.25, 0.3) is 0 Å². The van der Waals surface area contributed by atoms with E-state index in [1.54, 1.807) is 36.3 Å². The van der Waals surface area contributed by atoms with Crippen LogP contribution in [0.1, 0.15) is 12.8 Å². The predicted octanol–water partition coefficient (Wildman–Crippen LogP) is 0.547. The van der Waals surface area contributed by atoms with E-state index in [1.807, 2.05) is 19.0 Å². The molecular weight excluding hydrogens is 310 g/mol. The number of anilines is 1. The van der Waals surface area contributed by atoms with E-state index in [0.29, 0.717) is 18.0 Å². The number of amides is 2. The number of carbonyl (C=O) groups is 2. The van der Waals surface area contributed by atoms with Crippen LogP contribution in [0, 0.1) is 0 Å². The summed E-state index contributed by atoms with van der Waals surface area (Å²) in [5.74, 6) is 0.0706. The minimum absolute atomic E-state index is 0.0871. The first-order valence-corrected chi connectivity index (χ1v) is 7.95. The molecule has 2 N–H and O–H groups in total. The summed E-state index contributed by atoms with van der Waals surface area (Å²) in [4.78, 5) is 28.1. The second-order valence-corrected chi connectivity index (χ2v) is 6.19. The van der Waals surface area contributed by atoms with Crippen LogP contribution < -0.4 is 10.1 Å². The van der Waals surface area contributed by atoms with Gasteiger partial charge < -0.3 is 25.0 Å². The van der Waals surface area contributed by atoms with Crippen LogP contribution in [0.4, 0.5) is 5.69 Å². The molecule has 0 aromatic heterocycles. The smallest absolute Gasteiger partial charge is 0.233 e.